The predicted molar refractivity (Wildman–Crippen MR) is 47.0 cm³/mol. The molecule has 12 heavy (non-hydrogen) atoms. The number of carbonyl (C=O) groups is 1. The Hall–Kier alpha value is -0.540. The highest BCUT2D eigenvalue weighted by molar-refractivity contribution is 6.29. The van der Waals surface area contributed by atoms with Gasteiger partial charge in [-0.25, -0.2) is 0 Å². The molecule has 1 unspecified atom stereocenters. The third kappa shape index (κ3) is 1.99. The van der Waals surface area contributed by atoms with Gasteiger partial charge >= 0.3 is 5.97 Å². The Morgan fingerprint density at radius 3 is 2.83 bits per heavy atom. The first-order chi connectivity index (χ1) is 5.65. The minimum absolute atomic E-state index is 0.106. The van der Waals surface area contributed by atoms with Crippen LogP contribution in [0.3, 0.4) is 0 Å². The van der Waals surface area contributed by atoms with Crippen LogP contribution in [-0.4, -0.2) is 37.1 Å². The van der Waals surface area contributed by atoms with Crippen molar-refractivity contribution in [1.82, 2.24) is 4.90 Å². The minimum atomic E-state index is -0.181. The summed E-state index contributed by atoms with van der Waals surface area (Å²) in [5.74, 6) is -0.181. The van der Waals surface area contributed by atoms with Gasteiger partial charge in [0, 0.05) is 18.1 Å². The zero-order valence-corrected chi connectivity index (χ0v) is 7.80. The summed E-state index contributed by atoms with van der Waals surface area (Å²) in [6.07, 6.45) is 0.858. The summed E-state index contributed by atoms with van der Waals surface area (Å²) in [5, 5.41) is 0.559. The molecule has 1 atom stereocenters. The van der Waals surface area contributed by atoms with Crippen molar-refractivity contribution < 1.29 is 9.53 Å². The van der Waals surface area contributed by atoms with E-state index in [1.807, 2.05) is 4.90 Å². The second-order valence-electron chi connectivity index (χ2n) is 2.82. The van der Waals surface area contributed by atoms with Gasteiger partial charge in [0.1, 0.15) is 6.04 Å². The number of rotatable bonds is 3. The molecule has 1 aliphatic rings. The predicted octanol–water partition coefficient (Wildman–Crippen LogP) is 0.986. The number of hydrogen-bond acceptors (Lipinski definition) is 3. The van der Waals surface area contributed by atoms with Crippen molar-refractivity contribution in [2.45, 2.75) is 12.5 Å². The monoisotopic (exact) mass is 189 g/mol. The average molecular weight is 190 g/mol. The van der Waals surface area contributed by atoms with Crippen molar-refractivity contribution in [1.29, 1.82) is 0 Å². The van der Waals surface area contributed by atoms with Gasteiger partial charge in [0.25, 0.3) is 0 Å². The molecule has 1 fully saturated rings. The molecule has 0 aliphatic carbocycles. The fourth-order valence-corrected chi connectivity index (χ4v) is 1.41. The lowest BCUT2D eigenvalue weighted by Gasteiger charge is -2.38. The number of esters is 1. The normalized spacial score (nSPS) is 23.0. The molecule has 1 saturated heterocycles. The second-order valence-corrected chi connectivity index (χ2v) is 3.35. The van der Waals surface area contributed by atoms with Gasteiger partial charge < -0.3 is 4.74 Å². The highest BCUT2D eigenvalue weighted by atomic mass is 35.5. The Balaban J connectivity index is 2.38. The van der Waals surface area contributed by atoms with Crippen LogP contribution in [-0.2, 0) is 9.53 Å². The largest absolute Gasteiger partial charge is 0.468 e. The van der Waals surface area contributed by atoms with Crippen molar-refractivity contribution in [2.75, 3.05) is 20.2 Å². The van der Waals surface area contributed by atoms with E-state index in [-0.39, 0.29) is 12.0 Å². The molecule has 0 aromatic rings. The third-order valence-corrected chi connectivity index (χ3v) is 2.10. The zero-order valence-electron chi connectivity index (χ0n) is 7.05. The highest BCUT2D eigenvalue weighted by Crippen LogP contribution is 2.20. The van der Waals surface area contributed by atoms with Gasteiger partial charge in [0.15, 0.2) is 0 Å². The quantitative estimate of drug-likeness (QED) is 0.620. The third-order valence-electron chi connectivity index (χ3n) is 1.98. The zero-order chi connectivity index (χ0) is 9.14. The molecule has 1 heterocycles. The summed E-state index contributed by atoms with van der Waals surface area (Å²) in [6, 6.07) is -0.106. The molecule has 0 aromatic heterocycles. The first-order valence-electron chi connectivity index (χ1n) is 3.80. The fraction of sp³-hybridized carbons (Fsp3) is 0.625. The van der Waals surface area contributed by atoms with E-state index >= 15 is 0 Å². The maximum absolute atomic E-state index is 11.0. The summed E-state index contributed by atoms with van der Waals surface area (Å²) in [5.41, 5.74) is 0. The summed E-state index contributed by atoms with van der Waals surface area (Å²) >= 11 is 5.61. The number of nitrogens with zero attached hydrogens (tertiary/aromatic N) is 1. The molecule has 68 valence electrons. The number of halogens is 1. The van der Waals surface area contributed by atoms with Crippen LogP contribution < -0.4 is 0 Å². The van der Waals surface area contributed by atoms with Crippen molar-refractivity contribution in [3.05, 3.63) is 11.6 Å². The average Bonchev–Trinajstić information content (AvgIpc) is 1.98. The SMILES string of the molecule is C=C(Cl)CN1CCC1C(=O)OC. The van der Waals surface area contributed by atoms with E-state index in [0.29, 0.717) is 11.6 Å². The molecule has 4 heteroatoms. The van der Waals surface area contributed by atoms with E-state index in [4.69, 9.17) is 11.6 Å². The van der Waals surface area contributed by atoms with Crippen molar-refractivity contribution in [2.24, 2.45) is 0 Å². The van der Waals surface area contributed by atoms with E-state index in [2.05, 4.69) is 11.3 Å². The van der Waals surface area contributed by atoms with Gasteiger partial charge in [-0.05, 0) is 6.42 Å². The van der Waals surface area contributed by atoms with E-state index < -0.39 is 0 Å². The first-order valence-corrected chi connectivity index (χ1v) is 4.18. The molecular weight excluding hydrogens is 178 g/mol. The Morgan fingerprint density at radius 1 is 1.83 bits per heavy atom. The molecular formula is C8H12ClNO2. The molecule has 0 saturated carbocycles. The number of hydrogen-bond donors (Lipinski definition) is 0. The molecule has 0 amide bonds. The lowest BCUT2D eigenvalue weighted by atomic mass is 10.0. The van der Waals surface area contributed by atoms with E-state index in [1.165, 1.54) is 7.11 Å². The van der Waals surface area contributed by atoms with Gasteiger partial charge in [-0.2, -0.15) is 0 Å². The van der Waals surface area contributed by atoms with Crippen LogP contribution in [0.5, 0.6) is 0 Å². The topological polar surface area (TPSA) is 29.5 Å². The molecule has 0 radical (unpaired) electrons. The van der Waals surface area contributed by atoms with Gasteiger partial charge in [-0.3, -0.25) is 9.69 Å². The summed E-state index contributed by atoms with van der Waals surface area (Å²) in [4.78, 5) is 13.0. The van der Waals surface area contributed by atoms with Gasteiger partial charge in [0.05, 0.1) is 7.11 Å². The number of methoxy groups -OCH3 is 1. The molecule has 0 aromatic carbocycles. The van der Waals surface area contributed by atoms with E-state index in [9.17, 15) is 4.79 Å². The van der Waals surface area contributed by atoms with Crippen molar-refractivity contribution in [3.8, 4) is 0 Å². The molecule has 1 rings (SSSR count). The van der Waals surface area contributed by atoms with E-state index in [0.717, 1.165) is 13.0 Å². The van der Waals surface area contributed by atoms with Crippen LogP contribution in [0.4, 0.5) is 0 Å². The van der Waals surface area contributed by atoms with Crippen LogP contribution in [0.1, 0.15) is 6.42 Å². The lowest BCUT2D eigenvalue weighted by molar-refractivity contribution is -0.151. The molecule has 3 nitrogen and oxygen atoms in total. The summed E-state index contributed by atoms with van der Waals surface area (Å²) in [6.45, 7) is 5.03. The molecule has 0 bridgehead atoms. The van der Waals surface area contributed by atoms with E-state index in [1.54, 1.807) is 0 Å². The number of likely N-dealkylation sites (tertiary alicyclic amines) is 1. The Morgan fingerprint density at radius 2 is 2.50 bits per heavy atom. The maximum atomic E-state index is 11.0. The second kappa shape index (κ2) is 3.92. The van der Waals surface area contributed by atoms with Crippen LogP contribution >= 0.6 is 11.6 Å². The number of carbonyl (C=O) groups excluding carboxylic acids is 1. The highest BCUT2D eigenvalue weighted by Gasteiger charge is 2.34. The Labute approximate surface area is 76.9 Å². The fourth-order valence-electron chi connectivity index (χ4n) is 1.25. The summed E-state index contributed by atoms with van der Waals surface area (Å²) < 4.78 is 4.61. The standard InChI is InChI=1S/C8H12ClNO2/c1-6(9)5-10-4-3-7(10)8(11)12-2/h7H,1,3-5H2,2H3. The van der Waals surface area contributed by atoms with Crippen LogP contribution in [0, 0.1) is 0 Å². The molecule has 0 N–H and O–H groups in total. The van der Waals surface area contributed by atoms with Crippen LogP contribution in [0.2, 0.25) is 0 Å². The number of ether oxygens (including phenoxy) is 1. The lowest BCUT2D eigenvalue weighted by Crippen LogP contribution is -2.52. The maximum Gasteiger partial charge on any atom is 0.323 e. The minimum Gasteiger partial charge on any atom is -0.468 e. The van der Waals surface area contributed by atoms with Crippen molar-refractivity contribution in [3.63, 3.8) is 0 Å². The first kappa shape index (κ1) is 9.55. The molecule has 0 spiro atoms. The van der Waals surface area contributed by atoms with Gasteiger partial charge in [-0.15, -0.1) is 0 Å². The van der Waals surface area contributed by atoms with Gasteiger partial charge in [0.2, 0.25) is 0 Å². The Kier molecular flexibility index (Phi) is 3.12. The van der Waals surface area contributed by atoms with Crippen LogP contribution in [0.15, 0.2) is 11.6 Å². The van der Waals surface area contributed by atoms with Gasteiger partial charge in [-0.1, -0.05) is 18.2 Å². The smallest absolute Gasteiger partial charge is 0.323 e. The molecule has 1 aliphatic heterocycles. The Bertz CT molecular complexity index is 205. The van der Waals surface area contributed by atoms with Crippen LogP contribution in [0.25, 0.3) is 0 Å². The van der Waals surface area contributed by atoms with Crippen molar-refractivity contribution >= 4 is 17.6 Å². The summed E-state index contributed by atoms with van der Waals surface area (Å²) in [7, 11) is 1.40.